The van der Waals surface area contributed by atoms with E-state index in [4.69, 9.17) is 24.3 Å². The molecule has 6 rings (SSSR count). The smallest absolute Gasteiger partial charge is 0.238 e. The minimum atomic E-state index is -3.85. The second-order valence-corrected chi connectivity index (χ2v) is 14.4. The summed E-state index contributed by atoms with van der Waals surface area (Å²) >= 11 is 1.22. The third-order valence-corrected chi connectivity index (χ3v) is 10.3. The van der Waals surface area contributed by atoms with Crippen molar-refractivity contribution in [2.45, 2.75) is 16.6 Å². The number of benzene rings is 4. The zero-order valence-corrected chi connectivity index (χ0v) is 31.7. The average molecular weight is 777 g/mol. The lowest BCUT2D eigenvalue weighted by atomic mass is 10.0. The van der Waals surface area contributed by atoms with Gasteiger partial charge >= 0.3 is 0 Å². The fraction of sp³-hybridized carbons (Fsp3) is 0.125. The summed E-state index contributed by atoms with van der Waals surface area (Å²) in [7, 11) is 0.709. The molecule has 280 valence electrons. The SMILES string of the molecule is C=CCn1c(SCC(=O)Nc2ccc(C(=O)/C=C/c3cc(OC)c(OC)c(OC)c3)cc2)nnc1-c1cc(-c2ccc(S(N)(=O)=O)cc2)nc2ccccc12. The Balaban J connectivity index is 1.15. The molecule has 0 radical (unpaired) electrons. The molecule has 0 aliphatic heterocycles. The summed E-state index contributed by atoms with van der Waals surface area (Å²) in [6, 6.07) is 25.7. The Hall–Kier alpha value is -6.29. The maximum Gasteiger partial charge on any atom is 0.238 e. The van der Waals surface area contributed by atoms with E-state index in [1.165, 1.54) is 51.3 Å². The van der Waals surface area contributed by atoms with Gasteiger partial charge in [-0.05, 0) is 72.3 Å². The first-order valence-corrected chi connectivity index (χ1v) is 19.2. The molecule has 13 nitrogen and oxygen atoms in total. The van der Waals surface area contributed by atoms with Crippen LogP contribution in [0, 0.1) is 0 Å². The number of rotatable bonds is 15. The number of pyridine rings is 1. The highest BCUT2D eigenvalue weighted by Gasteiger charge is 2.20. The summed E-state index contributed by atoms with van der Waals surface area (Å²) in [5.74, 6) is 1.47. The number of aromatic nitrogens is 4. The lowest BCUT2D eigenvalue weighted by Gasteiger charge is -2.12. The molecule has 2 aromatic heterocycles. The van der Waals surface area contributed by atoms with E-state index in [1.807, 2.05) is 34.9 Å². The number of nitrogens with zero attached hydrogens (tertiary/aromatic N) is 4. The molecule has 0 spiro atoms. The first-order chi connectivity index (χ1) is 26.5. The number of methoxy groups -OCH3 is 3. The summed E-state index contributed by atoms with van der Waals surface area (Å²) in [6.45, 7) is 4.27. The molecule has 4 aromatic carbocycles. The van der Waals surface area contributed by atoms with Gasteiger partial charge in [-0.1, -0.05) is 54.2 Å². The number of allylic oxidation sites excluding steroid dienone is 2. The molecule has 0 aliphatic rings. The minimum absolute atomic E-state index is 0.00114. The Morgan fingerprint density at radius 3 is 2.24 bits per heavy atom. The topological polar surface area (TPSA) is 178 Å². The Labute approximate surface area is 321 Å². The predicted octanol–water partition coefficient (Wildman–Crippen LogP) is 6.65. The van der Waals surface area contributed by atoms with Crippen LogP contribution in [0.25, 0.3) is 39.6 Å². The van der Waals surface area contributed by atoms with E-state index in [9.17, 15) is 18.0 Å². The highest BCUT2D eigenvalue weighted by atomic mass is 32.2. The number of nitrogens with two attached hydrogens (primary N) is 1. The molecule has 2 heterocycles. The molecule has 0 saturated carbocycles. The van der Waals surface area contributed by atoms with Crippen molar-refractivity contribution in [3.8, 4) is 39.9 Å². The third kappa shape index (κ3) is 8.75. The van der Waals surface area contributed by atoms with Crippen molar-refractivity contribution in [3.63, 3.8) is 0 Å². The summed E-state index contributed by atoms with van der Waals surface area (Å²) in [5, 5.41) is 18.4. The number of fused-ring (bicyclic) bond motifs is 1. The number of hydrogen-bond donors (Lipinski definition) is 2. The number of carbonyl (C=O) groups excluding carboxylic acids is 2. The number of amides is 1. The summed E-state index contributed by atoms with van der Waals surface area (Å²) in [4.78, 5) is 30.8. The Kier molecular flexibility index (Phi) is 11.7. The number of thioether (sulfide) groups is 1. The van der Waals surface area contributed by atoms with Gasteiger partial charge in [0.05, 0.1) is 43.2 Å². The number of sulfonamides is 1. The van der Waals surface area contributed by atoms with E-state index in [2.05, 4.69) is 22.1 Å². The largest absolute Gasteiger partial charge is 0.493 e. The van der Waals surface area contributed by atoms with Crippen molar-refractivity contribution in [3.05, 3.63) is 121 Å². The van der Waals surface area contributed by atoms with Crippen molar-refractivity contribution in [2.24, 2.45) is 5.14 Å². The molecule has 55 heavy (non-hydrogen) atoms. The van der Waals surface area contributed by atoms with E-state index in [1.54, 1.807) is 60.7 Å². The minimum Gasteiger partial charge on any atom is -0.493 e. The van der Waals surface area contributed by atoms with Crippen LogP contribution >= 0.6 is 11.8 Å². The molecule has 0 fully saturated rings. The molecule has 15 heteroatoms. The number of anilines is 1. The molecular weight excluding hydrogens is 741 g/mol. The maximum absolute atomic E-state index is 13.1. The van der Waals surface area contributed by atoms with Gasteiger partial charge in [0.1, 0.15) is 0 Å². The second-order valence-electron chi connectivity index (χ2n) is 11.9. The first-order valence-electron chi connectivity index (χ1n) is 16.7. The predicted molar refractivity (Wildman–Crippen MR) is 213 cm³/mol. The highest BCUT2D eigenvalue weighted by Crippen LogP contribution is 2.39. The molecule has 1 amide bonds. The van der Waals surface area contributed by atoms with Crippen LogP contribution in [0.4, 0.5) is 5.69 Å². The number of ketones is 1. The second kappa shape index (κ2) is 16.8. The van der Waals surface area contributed by atoms with Crippen LogP contribution in [0.1, 0.15) is 15.9 Å². The Morgan fingerprint density at radius 2 is 1.60 bits per heavy atom. The van der Waals surface area contributed by atoms with Crippen molar-refractivity contribution in [1.82, 2.24) is 19.7 Å². The molecule has 3 N–H and O–H groups in total. The lowest BCUT2D eigenvalue weighted by Crippen LogP contribution is -2.14. The normalized spacial score (nSPS) is 11.4. The average Bonchev–Trinajstić information content (AvgIpc) is 3.60. The molecular formula is C40H36N6O7S2. The van der Waals surface area contributed by atoms with Crippen LogP contribution in [0.3, 0.4) is 0 Å². The van der Waals surface area contributed by atoms with E-state index < -0.39 is 10.0 Å². The standard InChI is InChI=1S/C40H36N6O7S2/c1-5-20-46-39(31-23-33(43-32-9-7-6-8-30(31)32)26-13-17-29(18-14-26)55(41,49)50)44-45-40(46)54-24-37(48)42-28-15-11-27(12-16-28)34(47)19-10-25-21-35(51-2)38(53-4)36(22-25)52-3/h5-19,21-23H,1,20,24H2,2-4H3,(H,42,48)(H2,41,49,50)/b19-10+. The fourth-order valence-corrected chi connectivity index (χ4v) is 6.99. The number of carbonyl (C=O) groups is 2. The number of para-hydroxylation sites is 1. The van der Waals surface area contributed by atoms with Crippen LogP contribution in [0.15, 0.2) is 120 Å². The number of hydrogen-bond acceptors (Lipinski definition) is 11. The monoisotopic (exact) mass is 776 g/mol. The van der Waals surface area contributed by atoms with Crippen molar-refractivity contribution in [2.75, 3.05) is 32.4 Å². The molecule has 6 aromatic rings. The highest BCUT2D eigenvalue weighted by molar-refractivity contribution is 7.99. The van der Waals surface area contributed by atoms with Gasteiger partial charge in [-0.15, -0.1) is 16.8 Å². The van der Waals surface area contributed by atoms with Gasteiger partial charge in [-0.2, -0.15) is 0 Å². The fourth-order valence-electron chi connectivity index (χ4n) is 5.72. The van der Waals surface area contributed by atoms with Gasteiger partial charge in [0.25, 0.3) is 0 Å². The van der Waals surface area contributed by atoms with Crippen LogP contribution < -0.4 is 24.7 Å². The Bertz CT molecular complexity index is 2510. The van der Waals surface area contributed by atoms with E-state index in [-0.39, 0.29) is 22.3 Å². The molecule has 0 saturated heterocycles. The zero-order valence-electron chi connectivity index (χ0n) is 30.1. The van der Waals surface area contributed by atoms with Gasteiger partial charge < -0.3 is 19.5 Å². The van der Waals surface area contributed by atoms with Crippen molar-refractivity contribution >= 4 is 56.1 Å². The Morgan fingerprint density at radius 1 is 0.909 bits per heavy atom. The van der Waals surface area contributed by atoms with Gasteiger partial charge in [-0.3, -0.25) is 14.2 Å². The number of nitrogens with one attached hydrogen (secondary N) is 1. The zero-order chi connectivity index (χ0) is 39.1. The van der Waals surface area contributed by atoms with E-state index in [0.29, 0.717) is 68.4 Å². The number of ether oxygens (including phenoxy) is 3. The van der Waals surface area contributed by atoms with Crippen molar-refractivity contribution < 1.29 is 32.2 Å². The van der Waals surface area contributed by atoms with Crippen LogP contribution in [-0.2, 0) is 21.4 Å². The molecule has 0 bridgehead atoms. The third-order valence-electron chi connectivity index (χ3n) is 8.36. The first kappa shape index (κ1) is 38.4. The lowest BCUT2D eigenvalue weighted by molar-refractivity contribution is -0.113. The summed E-state index contributed by atoms with van der Waals surface area (Å²) in [5.41, 5.74) is 4.38. The van der Waals surface area contributed by atoms with Crippen LogP contribution in [-0.4, -0.2) is 66.9 Å². The molecule has 0 aliphatic carbocycles. The molecule has 0 unspecified atom stereocenters. The maximum atomic E-state index is 13.1. The van der Waals surface area contributed by atoms with Crippen molar-refractivity contribution in [1.29, 1.82) is 0 Å². The number of primary sulfonamides is 1. The van der Waals surface area contributed by atoms with Gasteiger partial charge in [0, 0.05) is 34.3 Å². The van der Waals surface area contributed by atoms with Crippen LogP contribution in [0.2, 0.25) is 0 Å². The quantitative estimate of drug-likeness (QED) is 0.0494. The molecule has 0 atom stereocenters. The summed E-state index contributed by atoms with van der Waals surface area (Å²) < 4.78 is 41.6. The van der Waals surface area contributed by atoms with E-state index in [0.717, 1.165) is 10.9 Å². The van der Waals surface area contributed by atoms with Gasteiger partial charge in [0.15, 0.2) is 28.3 Å². The van der Waals surface area contributed by atoms with Crippen LogP contribution in [0.5, 0.6) is 17.2 Å². The summed E-state index contributed by atoms with van der Waals surface area (Å²) in [6.07, 6.45) is 4.82. The van der Waals surface area contributed by atoms with Gasteiger partial charge in [-0.25, -0.2) is 18.5 Å². The van der Waals surface area contributed by atoms with E-state index >= 15 is 0 Å². The van der Waals surface area contributed by atoms with Gasteiger partial charge in [0.2, 0.25) is 21.7 Å².